The quantitative estimate of drug-likeness (QED) is 0.917. The Balaban J connectivity index is 2.13. The van der Waals surface area contributed by atoms with E-state index < -0.39 is 0 Å². The molecule has 1 aromatic heterocycles. The number of nitrogens with zero attached hydrogens (tertiary/aromatic N) is 2. The summed E-state index contributed by atoms with van der Waals surface area (Å²) in [5.74, 6) is 0. The van der Waals surface area contributed by atoms with Crippen molar-refractivity contribution in [2.45, 2.75) is 26.1 Å². The van der Waals surface area contributed by atoms with Gasteiger partial charge in [-0.3, -0.25) is 9.88 Å². The summed E-state index contributed by atoms with van der Waals surface area (Å²) in [7, 11) is 2.10. The lowest BCUT2D eigenvalue weighted by molar-refractivity contribution is 0.252. The molecule has 0 amide bonds. The number of hydrogen-bond donors (Lipinski definition) is 1. The Bertz CT molecular complexity index is 571. The van der Waals surface area contributed by atoms with Crippen LogP contribution in [0.1, 0.15) is 29.8 Å². The Kier molecular flexibility index (Phi) is 5.12. The van der Waals surface area contributed by atoms with Gasteiger partial charge in [0.25, 0.3) is 0 Å². The Morgan fingerprint density at radius 1 is 1.30 bits per heavy atom. The van der Waals surface area contributed by atoms with Crippen molar-refractivity contribution in [2.24, 2.45) is 5.73 Å². The number of nitrogens with two attached hydrogens (primary N) is 1. The van der Waals surface area contributed by atoms with E-state index in [-0.39, 0.29) is 6.04 Å². The molecule has 0 spiro atoms. The summed E-state index contributed by atoms with van der Waals surface area (Å²) in [5.41, 5.74) is 9.07. The monoisotopic (exact) mass is 289 g/mol. The summed E-state index contributed by atoms with van der Waals surface area (Å²) in [6, 6.07) is 12.3. The molecule has 0 aliphatic rings. The van der Waals surface area contributed by atoms with Crippen LogP contribution in [0.3, 0.4) is 0 Å². The number of halogens is 1. The maximum Gasteiger partial charge on any atom is 0.0584 e. The molecule has 0 aliphatic carbocycles. The zero-order valence-corrected chi connectivity index (χ0v) is 12.6. The van der Waals surface area contributed by atoms with Crippen LogP contribution in [0.5, 0.6) is 0 Å². The van der Waals surface area contributed by atoms with Crippen molar-refractivity contribution in [3.05, 3.63) is 64.4 Å². The van der Waals surface area contributed by atoms with Gasteiger partial charge in [-0.2, -0.15) is 0 Å². The van der Waals surface area contributed by atoms with Crippen molar-refractivity contribution in [1.82, 2.24) is 9.88 Å². The predicted molar refractivity (Wildman–Crippen MR) is 83.5 cm³/mol. The average molecular weight is 290 g/mol. The normalized spacial score (nSPS) is 12.7. The van der Waals surface area contributed by atoms with Crippen molar-refractivity contribution >= 4 is 11.6 Å². The Hall–Kier alpha value is -1.42. The smallest absolute Gasteiger partial charge is 0.0584 e. The minimum atomic E-state index is 0.277. The van der Waals surface area contributed by atoms with Crippen LogP contribution in [0.4, 0.5) is 0 Å². The molecule has 2 aromatic rings. The third-order valence-corrected chi connectivity index (χ3v) is 3.82. The molecule has 1 unspecified atom stereocenters. The van der Waals surface area contributed by atoms with E-state index >= 15 is 0 Å². The lowest BCUT2D eigenvalue weighted by Gasteiger charge is -2.26. The summed E-state index contributed by atoms with van der Waals surface area (Å²) < 4.78 is 0. The van der Waals surface area contributed by atoms with E-state index in [0.717, 1.165) is 17.3 Å². The van der Waals surface area contributed by atoms with Crippen molar-refractivity contribution < 1.29 is 0 Å². The second-order valence-corrected chi connectivity index (χ2v) is 5.40. The minimum absolute atomic E-state index is 0.277. The van der Waals surface area contributed by atoms with Crippen LogP contribution in [0.2, 0.25) is 5.02 Å². The van der Waals surface area contributed by atoms with Gasteiger partial charge in [-0.15, -0.1) is 0 Å². The molecule has 0 bridgehead atoms. The van der Waals surface area contributed by atoms with Crippen LogP contribution in [0.15, 0.2) is 42.6 Å². The highest BCUT2D eigenvalue weighted by Gasteiger charge is 2.13. The standard InChI is InChI=1S/C16H20ClN3/c1-12(13-5-3-7-15(17)9-13)20(2)11-14-6-4-8-19-16(14)10-18/h3-9,12H,10-11,18H2,1-2H3. The van der Waals surface area contributed by atoms with Crippen LogP contribution in [-0.2, 0) is 13.1 Å². The van der Waals surface area contributed by atoms with E-state index in [4.69, 9.17) is 17.3 Å². The summed E-state index contributed by atoms with van der Waals surface area (Å²) in [5, 5.41) is 0.770. The van der Waals surface area contributed by atoms with Crippen molar-refractivity contribution in [2.75, 3.05) is 7.05 Å². The van der Waals surface area contributed by atoms with E-state index in [1.807, 2.05) is 24.3 Å². The van der Waals surface area contributed by atoms with Gasteiger partial charge in [0.15, 0.2) is 0 Å². The van der Waals surface area contributed by atoms with E-state index in [1.54, 1.807) is 6.20 Å². The molecule has 2 rings (SSSR count). The first kappa shape index (κ1) is 15.0. The molecular formula is C16H20ClN3. The molecule has 0 fully saturated rings. The van der Waals surface area contributed by atoms with Crippen LogP contribution in [0, 0.1) is 0 Å². The second kappa shape index (κ2) is 6.84. The maximum absolute atomic E-state index is 6.06. The van der Waals surface area contributed by atoms with Gasteiger partial charge >= 0.3 is 0 Å². The van der Waals surface area contributed by atoms with Gasteiger partial charge in [-0.25, -0.2) is 0 Å². The van der Waals surface area contributed by atoms with Crippen LogP contribution >= 0.6 is 11.6 Å². The van der Waals surface area contributed by atoms with Crippen LogP contribution in [-0.4, -0.2) is 16.9 Å². The number of aromatic nitrogens is 1. The average Bonchev–Trinajstić information content (AvgIpc) is 2.47. The molecule has 0 aliphatic heterocycles. The first-order chi connectivity index (χ1) is 9.61. The van der Waals surface area contributed by atoms with Gasteiger partial charge in [-0.05, 0) is 43.3 Å². The fourth-order valence-electron chi connectivity index (χ4n) is 2.23. The van der Waals surface area contributed by atoms with Crippen molar-refractivity contribution in [1.29, 1.82) is 0 Å². The molecule has 2 N–H and O–H groups in total. The Morgan fingerprint density at radius 2 is 2.10 bits per heavy atom. The molecule has 1 heterocycles. The van der Waals surface area contributed by atoms with E-state index in [0.29, 0.717) is 6.54 Å². The lowest BCUT2D eigenvalue weighted by atomic mass is 10.1. The van der Waals surface area contributed by atoms with Crippen LogP contribution < -0.4 is 5.73 Å². The van der Waals surface area contributed by atoms with E-state index in [2.05, 4.69) is 36.0 Å². The first-order valence-electron chi connectivity index (χ1n) is 6.70. The number of rotatable bonds is 5. The van der Waals surface area contributed by atoms with Gasteiger partial charge in [0, 0.05) is 30.4 Å². The molecule has 20 heavy (non-hydrogen) atoms. The third kappa shape index (κ3) is 3.57. The molecular weight excluding hydrogens is 270 g/mol. The molecule has 106 valence electrons. The maximum atomic E-state index is 6.06. The fraction of sp³-hybridized carbons (Fsp3) is 0.312. The summed E-state index contributed by atoms with van der Waals surface area (Å²) in [6.45, 7) is 3.45. The first-order valence-corrected chi connectivity index (χ1v) is 7.08. The largest absolute Gasteiger partial charge is 0.325 e. The number of pyridine rings is 1. The van der Waals surface area contributed by atoms with Gasteiger partial charge < -0.3 is 5.73 Å². The fourth-order valence-corrected chi connectivity index (χ4v) is 2.42. The molecule has 0 saturated heterocycles. The summed E-state index contributed by atoms with van der Waals surface area (Å²) in [4.78, 5) is 6.59. The van der Waals surface area contributed by atoms with Crippen molar-refractivity contribution in [3.63, 3.8) is 0 Å². The second-order valence-electron chi connectivity index (χ2n) is 4.96. The van der Waals surface area contributed by atoms with Crippen molar-refractivity contribution in [3.8, 4) is 0 Å². The predicted octanol–water partition coefficient (Wildman–Crippen LogP) is 3.39. The Labute approximate surface area is 125 Å². The van der Waals surface area contributed by atoms with Gasteiger partial charge in [0.2, 0.25) is 0 Å². The highest BCUT2D eigenvalue weighted by Crippen LogP contribution is 2.23. The SMILES string of the molecule is CC(c1cccc(Cl)c1)N(C)Cc1cccnc1CN. The topological polar surface area (TPSA) is 42.2 Å². The minimum Gasteiger partial charge on any atom is -0.325 e. The zero-order chi connectivity index (χ0) is 14.5. The van der Waals surface area contributed by atoms with Gasteiger partial charge in [0.1, 0.15) is 0 Å². The number of hydrogen-bond acceptors (Lipinski definition) is 3. The molecule has 0 radical (unpaired) electrons. The van der Waals surface area contributed by atoms with E-state index in [1.165, 1.54) is 11.1 Å². The summed E-state index contributed by atoms with van der Waals surface area (Å²) in [6.07, 6.45) is 1.78. The molecule has 0 saturated carbocycles. The summed E-state index contributed by atoms with van der Waals surface area (Å²) >= 11 is 6.06. The lowest BCUT2D eigenvalue weighted by Crippen LogP contribution is -2.23. The van der Waals surface area contributed by atoms with Crippen LogP contribution in [0.25, 0.3) is 0 Å². The number of benzene rings is 1. The van der Waals surface area contributed by atoms with E-state index in [9.17, 15) is 0 Å². The third-order valence-electron chi connectivity index (χ3n) is 3.59. The highest BCUT2D eigenvalue weighted by atomic mass is 35.5. The van der Waals surface area contributed by atoms with Gasteiger partial charge in [0.05, 0.1) is 5.69 Å². The highest BCUT2D eigenvalue weighted by molar-refractivity contribution is 6.30. The molecule has 4 heteroatoms. The molecule has 1 aromatic carbocycles. The zero-order valence-electron chi connectivity index (χ0n) is 11.9. The molecule has 1 atom stereocenters. The Morgan fingerprint density at radius 3 is 2.80 bits per heavy atom. The molecule has 3 nitrogen and oxygen atoms in total. The van der Waals surface area contributed by atoms with Gasteiger partial charge in [-0.1, -0.05) is 29.8 Å².